The Kier molecular flexibility index (Phi) is 5.89. The number of rotatable bonds is 6. The van der Waals surface area contributed by atoms with E-state index < -0.39 is 0 Å². The van der Waals surface area contributed by atoms with Crippen LogP contribution in [0.5, 0.6) is 5.75 Å². The van der Waals surface area contributed by atoms with Crippen molar-refractivity contribution in [2.75, 3.05) is 17.7 Å². The summed E-state index contributed by atoms with van der Waals surface area (Å²) in [5.74, 6) is -0.201. The van der Waals surface area contributed by atoms with Crippen LogP contribution in [0.1, 0.15) is 18.9 Å². The molecule has 0 spiro atoms. The first-order valence-electron chi connectivity index (χ1n) is 7.48. The van der Waals surface area contributed by atoms with Gasteiger partial charge in [0.2, 0.25) is 11.8 Å². The number of carbonyl (C=O) groups excluding carboxylic acids is 2. The van der Waals surface area contributed by atoms with E-state index >= 15 is 0 Å². The number of carbonyl (C=O) groups is 2. The lowest BCUT2D eigenvalue weighted by atomic mass is 10.1. The summed E-state index contributed by atoms with van der Waals surface area (Å²) in [6.45, 7) is 1.41. The fourth-order valence-electron chi connectivity index (χ4n) is 2.21. The molecule has 2 aromatic carbocycles. The van der Waals surface area contributed by atoms with Gasteiger partial charge in [-0.2, -0.15) is 0 Å². The number of amides is 2. The Morgan fingerprint density at radius 2 is 1.79 bits per heavy atom. The van der Waals surface area contributed by atoms with E-state index in [9.17, 15) is 14.0 Å². The number of aryl methyl sites for hydroxylation is 1. The number of nitrogens with one attached hydrogen (secondary N) is 2. The Bertz CT molecular complexity index is 730. The van der Waals surface area contributed by atoms with Crippen LogP contribution in [0.2, 0.25) is 0 Å². The number of halogens is 1. The molecular weight excluding hydrogens is 311 g/mol. The third kappa shape index (κ3) is 5.08. The van der Waals surface area contributed by atoms with Gasteiger partial charge in [-0.3, -0.25) is 9.59 Å². The summed E-state index contributed by atoms with van der Waals surface area (Å²) in [6, 6.07) is 11.0. The molecule has 2 N–H and O–H groups in total. The van der Waals surface area contributed by atoms with Crippen molar-refractivity contribution in [3.63, 3.8) is 0 Å². The zero-order valence-corrected chi connectivity index (χ0v) is 13.6. The molecule has 0 aliphatic rings. The number of ether oxygens (including phenoxy) is 1. The monoisotopic (exact) mass is 330 g/mol. The van der Waals surface area contributed by atoms with Gasteiger partial charge in [0.05, 0.1) is 12.8 Å². The molecule has 0 unspecified atom stereocenters. The Hall–Kier alpha value is -2.89. The summed E-state index contributed by atoms with van der Waals surface area (Å²) in [5.41, 5.74) is 1.93. The van der Waals surface area contributed by atoms with Gasteiger partial charge in [0, 0.05) is 19.0 Å². The minimum Gasteiger partial charge on any atom is -0.495 e. The SMILES string of the molecule is COc1ccc(NC(C)=O)cc1NC(=O)CCc1ccc(F)cc1. The summed E-state index contributed by atoms with van der Waals surface area (Å²) in [4.78, 5) is 23.3. The minimum atomic E-state index is -0.303. The third-order valence-electron chi connectivity index (χ3n) is 3.35. The van der Waals surface area contributed by atoms with Crippen LogP contribution in [0, 0.1) is 5.82 Å². The number of methoxy groups -OCH3 is 1. The number of hydrogen-bond acceptors (Lipinski definition) is 3. The van der Waals surface area contributed by atoms with Gasteiger partial charge in [-0.25, -0.2) is 4.39 Å². The molecule has 0 saturated carbocycles. The summed E-state index contributed by atoms with van der Waals surface area (Å²) in [5, 5.41) is 5.42. The maximum atomic E-state index is 12.9. The molecule has 0 fully saturated rings. The molecule has 0 aliphatic heterocycles. The fourth-order valence-corrected chi connectivity index (χ4v) is 2.21. The Labute approximate surface area is 139 Å². The maximum absolute atomic E-state index is 12.9. The van der Waals surface area contributed by atoms with Crippen molar-refractivity contribution >= 4 is 23.2 Å². The molecule has 2 aromatic rings. The molecule has 2 amide bonds. The van der Waals surface area contributed by atoms with E-state index in [1.165, 1.54) is 26.2 Å². The van der Waals surface area contributed by atoms with Gasteiger partial charge < -0.3 is 15.4 Å². The smallest absolute Gasteiger partial charge is 0.224 e. The van der Waals surface area contributed by atoms with Crippen LogP contribution in [-0.4, -0.2) is 18.9 Å². The number of hydrogen-bond donors (Lipinski definition) is 2. The molecule has 0 atom stereocenters. The lowest BCUT2D eigenvalue weighted by molar-refractivity contribution is -0.116. The van der Waals surface area contributed by atoms with Crippen molar-refractivity contribution in [3.8, 4) is 5.75 Å². The normalized spacial score (nSPS) is 10.1. The van der Waals surface area contributed by atoms with Crippen molar-refractivity contribution in [2.24, 2.45) is 0 Å². The second-order valence-electron chi connectivity index (χ2n) is 5.27. The van der Waals surface area contributed by atoms with Gasteiger partial charge in [0.15, 0.2) is 0 Å². The summed E-state index contributed by atoms with van der Waals surface area (Å²) < 4.78 is 18.1. The largest absolute Gasteiger partial charge is 0.495 e. The molecule has 0 heterocycles. The van der Waals surface area contributed by atoms with E-state index in [1.54, 1.807) is 30.3 Å². The second-order valence-corrected chi connectivity index (χ2v) is 5.27. The quantitative estimate of drug-likeness (QED) is 0.853. The topological polar surface area (TPSA) is 67.4 Å². The highest BCUT2D eigenvalue weighted by Gasteiger charge is 2.10. The number of benzene rings is 2. The van der Waals surface area contributed by atoms with E-state index in [1.807, 2.05) is 0 Å². The predicted octanol–water partition coefficient (Wildman–Crippen LogP) is 3.36. The van der Waals surface area contributed by atoms with Crippen LogP contribution in [0.15, 0.2) is 42.5 Å². The van der Waals surface area contributed by atoms with Crippen molar-refractivity contribution in [2.45, 2.75) is 19.8 Å². The van der Waals surface area contributed by atoms with Crippen LogP contribution >= 0.6 is 0 Å². The van der Waals surface area contributed by atoms with Crippen LogP contribution in [0.3, 0.4) is 0 Å². The van der Waals surface area contributed by atoms with Crippen molar-refractivity contribution < 1.29 is 18.7 Å². The van der Waals surface area contributed by atoms with Gasteiger partial charge in [0.1, 0.15) is 11.6 Å². The first-order valence-corrected chi connectivity index (χ1v) is 7.48. The van der Waals surface area contributed by atoms with Gasteiger partial charge in [-0.15, -0.1) is 0 Å². The first kappa shape index (κ1) is 17.5. The highest BCUT2D eigenvalue weighted by atomic mass is 19.1. The molecule has 0 saturated heterocycles. The summed E-state index contributed by atoms with van der Waals surface area (Å²) in [6.07, 6.45) is 0.749. The average Bonchev–Trinajstić information content (AvgIpc) is 2.54. The van der Waals surface area contributed by atoms with Crippen molar-refractivity contribution in [1.29, 1.82) is 0 Å². The molecule has 24 heavy (non-hydrogen) atoms. The van der Waals surface area contributed by atoms with E-state index in [0.717, 1.165) is 5.56 Å². The standard InChI is InChI=1S/C18H19FN2O3/c1-12(22)20-15-8-9-17(24-2)16(11-15)21-18(23)10-5-13-3-6-14(19)7-4-13/h3-4,6-9,11H,5,10H2,1-2H3,(H,20,22)(H,21,23). The van der Waals surface area contributed by atoms with E-state index in [-0.39, 0.29) is 24.1 Å². The maximum Gasteiger partial charge on any atom is 0.224 e. The molecule has 0 aliphatic carbocycles. The van der Waals surface area contributed by atoms with Crippen LogP contribution in [-0.2, 0) is 16.0 Å². The van der Waals surface area contributed by atoms with Gasteiger partial charge in [-0.1, -0.05) is 12.1 Å². The number of anilines is 2. The zero-order chi connectivity index (χ0) is 17.5. The molecule has 0 bridgehead atoms. The summed E-state index contributed by atoms with van der Waals surface area (Å²) >= 11 is 0. The van der Waals surface area contributed by atoms with Gasteiger partial charge >= 0.3 is 0 Å². The van der Waals surface area contributed by atoms with E-state index in [4.69, 9.17) is 4.74 Å². The van der Waals surface area contributed by atoms with Crippen LogP contribution in [0.25, 0.3) is 0 Å². The molecule has 126 valence electrons. The van der Waals surface area contributed by atoms with Gasteiger partial charge in [0.25, 0.3) is 0 Å². The molecule has 5 nitrogen and oxygen atoms in total. The predicted molar refractivity (Wildman–Crippen MR) is 90.6 cm³/mol. The van der Waals surface area contributed by atoms with Gasteiger partial charge in [-0.05, 0) is 42.3 Å². The summed E-state index contributed by atoms with van der Waals surface area (Å²) in [7, 11) is 1.50. The Balaban J connectivity index is 2.01. The lowest BCUT2D eigenvalue weighted by Gasteiger charge is -2.12. The molecule has 0 aromatic heterocycles. The minimum absolute atomic E-state index is 0.197. The van der Waals surface area contributed by atoms with Crippen LogP contribution < -0.4 is 15.4 Å². The highest BCUT2D eigenvalue weighted by Crippen LogP contribution is 2.28. The van der Waals surface area contributed by atoms with E-state index in [0.29, 0.717) is 23.5 Å². The van der Waals surface area contributed by atoms with Crippen LogP contribution in [0.4, 0.5) is 15.8 Å². The second kappa shape index (κ2) is 8.10. The zero-order valence-electron chi connectivity index (χ0n) is 13.6. The molecule has 0 radical (unpaired) electrons. The lowest BCUT2D eigenvalue weighted by Crippen LogP contribution is -2.14. The Morgan fingerprint density at radius 1 is 1.08 bits per heavy atom. The molecule has 2 rings (SSSR count). The Morgan fingerprint density at radius 3 is 2.42 bits per heavy atom. The van der Waals surface area contributed by atoms with E-state index in [2.05, 4.69) is 10.6 Å². The highest BCUT2D eigenvalue weighted by molar-refractivity contribution is 5.95. The molecule has 6 heteroatoms. The first-order chi connectivity index (χ1) is 11.5. The fraction of sp³-hybridized carbons (Fsp3) is 0.222. The van der Waals surface area contributed by atoms with Crippen molar-refractivity contribution in [1.82, 2.24) is 0 Å². The molecular formula is C18H19FN2O3. The third-order valence-corrected chi connectivity index (χ3v) is 3.35. The van der Waals surface area contributed by atoms with Crippen molar-refractivity contribution in [3.05, 3.63) is 53.8 Å². The average molecular weight is 330 g/mol.